The van der Waals surface area contributed by atoms with E-state index in [0.717, 1.165) is 0 Å². The third-order valence-corrected chi connectivity index (χ3v) is 3.23. The van der Waals surface area contributed by atoms with Crippen LogP contribution < -0.4 is 5.14 Å². The maximum atomic E-state index is 10.9. The Morgan fingerprint density at radius 2 is 2.00 bits per heavy atom. The second kappa shape index (κ2) is 3.91. The highest BCUT2D eigenvalue weighted by atomic mass is 32.2. The van der Waals surface area contributed by atoms with Crippen LogP contribution in [0.2, 0.25) is 0 Å². The van der Waals surface area contributed by atoms with E-state index in [1.807, 2.05) is 0 Å². The summed E-state index contributed by atoms with van der Waals surface area (Å²) in [5.41, 5.74) is -0.633. The third-order valence-electron chi connectivity index (χ3n) is 2.30. The van der Waals surface area contributed by atoms with Gasteiger partial charge in [0.15, 0.2) is 0 Å². The standard InChI is InChI=1S/C7H15NO4S/c1-11-7(6-13(8,9)10)2-4-12-5-3-7/h2-6H2,1H3,(H2,8,9,10). The van der Waals surface area contributed by atoms with E-state index in [9.17, 15) is 8.42 Å². The van der Waals surface area contributed by atoms with Crippen molar-refractivity contribution in [1.82, 2.24) is 0 Å². The highest BCUT2D eigenvalue weighted by molar-refractivity contribution is 7.89. The number of hydrogen-bond donors (Lipinski definition) is 1. The topological polar surface area (TPSA) is 78.6 Å². The van der Waals surface area contributed by atoms with Crippen LogP contribution in [0, 0.1) is 0 Å². The fraction of sp³-hybridized carbons (Fsp3) is 1.00. The number of ether oxygens (including phenoxy) is 2. The molecular weight excluding hydrogens is 194 g/mol. The van der Waals surface area contributed by atoms with E-state index < -0.39 is 15.6 Å². The average Bonchev–Trinajstić information content (AvgIpc) is 2.03. The molecular formula is C7H15NO4S. The summed E-state index contributed by atoms with van der Waals surface area (Å²) in [7, 11) is -1.96. The average molecular weight is 209 g/mol. The van der Waals surface area contributed by atoms with Gasteiger partial charge in [-0.3, -0.25) is 0 Å². The van der Waals surface area contributed by atoms with Crippen molar-refractivity contribution in [3.63, 3.8) is 0 Å². The molecule has 0 bridgehead atoms. The number of rotatable bonds is 3. The Morgan fingerprint density at radius 1 is 1.46 bits per heavy atom. The Bertz CT molecular complexity index is 256. The second-order valence-electron chi connectivity index (χ2n) is 3.31. The zero-order valence-corrected chi connectivity index (χ0v) is 8.47. The van der Waals surface area contributed by atoms with Gasteiger partial charge >= 0.3 is 0 Å². The van der Waals surface area contributed by atoms with Crippen LogP contribution in [0.3, 0.4) is 0 Å². The van der Waals surface area contributed by atoms with Crippen LogP contribution in [0.4, 0.5) is 0 Å². The summed E-state index contributed by atoms with van der Waals surface area (Å²) in [6.07, 6.45) is 1.17. The first-order valence-corrected chi connectivity index (χ1v) is 5.82. The summed E-state index contributed by atoms with van der Waals surface area (Å²) in [5.74, 6) is -0.125. The second-order valence-corrected chi connectivity index (χ2v) is 4.92. The first-order valence-electron chi connectivity index (χ1n) is 4.11. The fourth-order valence-electron chi connectivity index (χ4n) is 1.52. The minimum absolute atomic E-state index is 0.125. The van der Waals surface area contributed by atoms with Gasteiger partial charge in [-0.05, 0) is 0 Å². The summed E-state index contributed by atoms with van der Waals surface area (Å²) >= 11 is 0. The lowest BCUT2D eigenvalue weighted by Gasteiger charge is -2.34. The van der Waals surface area contributed by atoms with Gasteiger partial charge in [0.2, 0.25) is 10.0 Å². The summed E-state index contributed by atoms with van der Waals surface area (Å²) in [6, 6.07) is 0. The Hall–Kier alpha value is -0.170. The molecule has 1 fully saturated rings. The largest absolute Gasteiger partial charge is 0.381 e. The van der Waals surface area contributed by atoms with Crippen molar-refractivity contribution in [2.45, 2.75) is 18.4 Å². The van der Waals surface area contributed by atoms with E-state index in [4.69, 9.17) is 14.6 Å². The Labute approximate surface area is 78.3 Å². The number of hydrogen-bond acceptors (Lipinski definition) is 4. The third kappa shape index (κ3) is 3.22. The number of nitrogens with two attached hydrogens (primary N) is 1. The monoisotopic (exact) mass is 209 g/mol. The molecule has 13 heavy (non-hydrogen) atoms. The first-order chi connectivity index (χ1) is 5.97. The van der Waals surface area contributed by atoms with Crippen LogP contribution in [-0.2, 0) is 19.5 Å². The molecule has 0 aromatic heterocycles. The SMILES string of the molecule is COC1(CS(N)(=O)=O)CCOCC1. The predicted octanol–water partition coefficient (Wildman–Crippen LogP) is -0.529. The molecule has 0 aromatic rings. The smallest absolute Gasteiger partial charge is 0.211 e. The molecule has 0 aromatic carbocycles. The number of primary sulfonamides is 1. The van der Waals surface area contributed by atoms with Gasteiger partial charge in [-0.2, -0.15) is 0 Å². The van der Waals surface area contributed by atoms with E-state index in [1.165, 1.54) is 7.11 Å². The summed E-state index contributed by atoms with van der Waals surface area (Å²) in [4.78, 5) is 0. The normalized spacial score (nSPS) is 22.9. The van der Waals surface area contributed by atoms with E-state index in [0.29, 0.717) is 26.1 Å². The molecule has 1 saturated heterocycles. The molecule has 0 aliphatic carbocycles. The van der Waals surface area contributed by atoms with Crippen LogP contribution in [0.25, 0.3) is 0 Å². The molecule has 1 heterocycles. The van der Waals surface area contributed by atoms with Gasteiger partial charge in [0.05, 0.1) is 11.4 Å². The molecule has 5 nitrogen and oxygen atoms in total. The molecule has 0 amide bonds. The maximum absolute atomic E-state index is 10.9. The fourth-order valence-corrected chi connectivity index (χ4v) is 2.66. The van der Waals surface area contributed by atoms with Gasteiger partial charge in [0.1, 0.15) is 0 Å². The first kappa shape index (κ1) is 10.9. The molecule has 6 heteroatoms. The van der Waals surface area contributed by atoms with Crippen molar-refractivity contribution in [1.29, 1.82) is 0 Å². The van der Waals surface area contributed by atoms with Crippen molar-refractivity contribution >= 4 is 10.0 Å². The van der Waals surface area contributed by atoms with E-state index in [-0.39, 0.29) is 5.75 Å². The minimum atomic E-state index is -3.47. The molecule has 1 aliphatic heterocycles. The highest BCUT2D eigenvalue weighted by Crippen LogP contribution is 2.25. The van der Waals surface area contributed by atoms with Crippen molar-refractivity contribution in [2.24, 2.45) is 5.14 Å². The van der Waals surface area contributed by atoms with Gasteiger partial charge in [-0.15, -0.1) is 0 Å². The lowest BCUT2D eigenvalue weighted by Crippen LogP contribution is -2.45. The van der Waals surface area contributed by atoms with Crippen LogP contribution in [0.5, 0.6) is 0 Å². The Balaban J connectivity index is 2.68. The van der Waals surface area contributed by atoms with Crippen LogP contribution in [0.15, 0.2) is 0 Å². The minimum Gasteiger partial charge on any atom is -0.381 e. The van der Waals surface area contributed by atoms with Gasteiger partial charge in [-0.25, -0.2) is 13.6 Å². The molecule has 1 rings (SSSR count). The van der Waals surface area contributed by atoms with Crippen LogP contribution in [0.1, 0.15) is 12.8 Å². The Morgan fingerprint density at radius 3 is 2.38 bits per heavy atom. The maximum Gasteiger partial charge on any atom is 0.211 e. The summed E-state index contributed by atoms with van der Waals surface area (Å²) < 4.78 is 32.2. The van der Waals surface area contributed by atoms with Crippen molar-refractivity contribution in [3.8, 4) is 0 Å². The zero-order chi connectivity index (χ0) is 9.95. The van der Waals surface area contributed by atoms with Crippen molar-refractivity contribution in [2.75, 3.05) is 26.1 Å². The van der Waals surface area contributed by atoms with E-state index in [2.05, 4.69) is 0 Å². The highest BCUT2D eigenvalue weighted by Gasteiger charge is 2.36. The van der Waals surface area contributed by atoms with Crippen molar-refractivity contribution in [3.05, 3.63) is 0 Å². The lowest BCUT2D eigenvalue weighted by atomic mass is 9.97. The molecule has 78 valence electrons. The quantitative estimate of drug-likeness (QED) is 0.677. The van der Waals surface area contributed by atoms with E-state index >= 15 is 0 Å². The molecule has 0 unspecified atom stereocenters. The predicted molar refractivity (Wildman–Crippen MR) is 47.8 cm³/mol. The van der Waals surface area contributed by atoms with Crippen LogP contribution >= 0.6 is 0 Å². The summed E-state index contributed by atoms with van der Waals surface area (Å²) in [6.45, 7) is 1.06. The van der Waals surface area contributed by atoms with Crippen molar-refractivity contribution < 1.29 is 17.9 Å². The van der Waals surface area contributed by atoms with Crippen LogP contribution in [-0.4, -0.2) is 40.1 Å². The lowest BCUT2D eigenvalue weighted by molar-refractivity contribution is -0.0750. The molecule has 0 saturated carbocycles. The van der Waals surface area contributed by atoms with Gasteiger partial charge in [0.25, 0.3) is 0 Å². The zero-order valence-electron chi connectivity index (χ0n) is 7.65. The molecule has 0 atom stereocenters. The number of methoxy groups -OCH3 is 1. The number of sulfonamides is 1. The summed E-state index contributed by atoms with van der Waals surface area (Å²) in [5, 5.41) is 4.98. The van der Waals surface area contributed by atoms with Gasteiger partial charge in [0, 0.05) is 33.2 Å². The van der Waals surface area contributed by atoms with Gasteiger partial charge < -0.3 is 9.47 Å². The van der Waals surface area contributed by atoms with E-state index in [1.54, 1.807) is 0 Å². The molecule has 0 spiro atoms. The Kier molecular flexibility index (Phi) is 3.28. The molecule has 2 N–H and O–H groups in total. The van der Waals surface area contributed by atoms with Gasteiger partial charge in [-0.1, -0.05) is 0 Å². The molecule has 1 aliphatic rings. The molecule has 0 radical (unpaired) electrons.